The van der Waals surface area contributed by atoms with Crippen molar-refractivity contribution in [2.45, 2.75) is 104 Å². The van der Waals surface area contributed by atoms with Crippen molar-refractivity contribution in [3.63, 3.8) is 0 Å². The maximum absolute atomic E-state index is 13.7. The molecule has 1 saturated heterocycles. The van der Waals surface area contributed by atoms with Crippen LogP contribution >= 0.6 is 0 Å². The van der Waals surface area contributed by atoms with Gasteiger partial charge in [-0.3, -0.25) is 4.79 Å². The quantitative estimate of drug-likeness (QED) is 0.452. The maximum Gasteiger partial charge on any atom is 0.190 e. The third kappa shape index (κ3) is 2.88. The lowest BCUT2D eigenvalue weighted by atomic mass is 9.48. The first-order valence-corrected chi connectivity index (χ1v) is 12.9. The molecule has 0 bridgehead atoms. The SMILES string of the molecule is CC(C)[C@@H](C)/C=C/[C@@H](C)[C@H]1CCC2=C3C(=O)[C@@H]4O[C@@]45C[C@@H](O)CC[C@]5(C)[C@H]3CC[C@@]21C. The van der Waals surface area contributed by atoms with Gasteiger partial charge in [0.15, 0.2) is 11.9 Å². The highest BCUT2D eigenvalue weighted by Crippen LogP contribution is 2.71. The Balaban J connectivity index is 1.48. The molecule has 0 aromatic carbocycles. The summed E-state index contributed by atoms with van der Waals surface area (Å²) in [7, 11) is 0. The van der Waals surface area contributed by atoms with Crippen molar-refractivity contribution in [1.82, 2.24) is 0 Å². The topological polar surface area (TPSA) is 49.8 Å². The zero-order valence-corrected chi connectivity index (χ0v) is 20.4. The summed E-state index contributed by atoms with van der Waals surface area (Å²) in [5, 5.41) is 10.3. The fourth-order valence-corrected chi connectivity index (χ4v) is 8.22. The second-order valence-corrected chi connectivity index (χ2v) is 12.5. The van der Waals surface area contributed by atoms with Gasteiger partial charge in [0.2, 0.25) is 0 Å². The van der Waals surface area contributed by atoms with E-state index >= 15 is 0 Å². The molecule has 31 heavy (non-hydrogen) atoms. The molecule has 1 spiro atoms. The van der Waals surface area contributed by atoms with Crippen LogP contribution in [0.1, 0.15) is 86.5 Å². The second kappa shape index (κ2) is 7.03. The van der Waals surface area contributed by atoms with E-state index in [0.29, 0.717) is 36.0 Å². The monoisotopic (exact) mass is 426 g/mol. The Bertz CT molecular complexity index is 839. The van der Waals surface area contributed by atoms with Crippen LogP contribution in [0.2, 0.25) is 0 Å². The Labute approximate surface area is 188 Å². The van der Waals surface area contributed by atoms with Crippen LogP contribution in [-0.2, 0) is 9.53 Å². The summed E-state index contributed by atoms with van der Waals surface area (Å²) in [6.45, 7) is 14.1. The minimum absolute atomic E-state index is 0.00473. The second-order valence-electron chi connectivity index (χ2n) is 12.5. The highest BCUT2D eigenvalue weighted by atomic mass is 16.6. The molecule has 0 aromatic heterocycles. The Kier molecular flexibility index (Phi) is 4.97. The molecule has 3 heteroatoms. The number of rotatable bonds is 4. The Morgan fingerprint density at radius 3 is 2.52 bits per heavy atom. The Morgan fingerprint density at radius 1 is 1.06 bits per heavy atom. The Hall–Kier alpha value is -0.930. The normalized spacial score (nSPS) is 48.3. The molecule has 9 atom stereocenters. The number of hydrogen-bond donors (Lipinski definition) is 1. The average molecular weight is 427 g/mol. The van der Waals surface area contributed by atoms with E-state index in [9.17, 15) is 9.90 Å². The number of ketones is 1. The zero-order chi connectivity index (χ0) is 22.3. The number of allylic oxidation sites excluding steroid dienone is 3. The molecule has 4 fully saturated rings. The van der Waals surface area contributed by atoms with E-state index in [1.165, 1.54) is 24.0 Å². The summed E-state index contributed by atoms with van der Waals surface area (Å²) in [5.74, 6) is 3.02. The summed E-state index contributed by atoms with van der Waals surface area (Å²) >= 11 is 0. The number of ether oxygens (including phenoxy) is 1. The molecule has 5 aliphatic rings. The minimum Gasteiger partial charge on any atom is -0.393 e. The van der Waals surface area contributed by atoms with Gasteiger partial charge in [0.25, 0.3) is 0 Å². The first-order chi connectivity index (χ1) is 14.5. The molecule has 0 unspecified atom stereocenters. The number of aliphatic hydroxyl groups is 1. The molecular formula is C28H42O3. The maximum atomic E-state index is 13.7. The first-order valence-electron chi connectivity index (χ1n) is 12.9. The molecule has 4 aliphatic carbocycles. The van der Waals surface area contributed by atoms with E-state index < -0.39 is 0 Å². The van der Waals surface area contributed by atoms with Gasteiger partial charge in [-0.15, -0.1) is 0 Å². The van der Waals surface area contributed by atoms with Crippen LogP contribution in [0.15, 0.2) is 23.3 Å². The van der Waals surface area contributed by atoms with Crippen molar-refractivity contribution in [2.75, 3.05) is 0 Å². The number of carbonyl (C=O) groups is 1. The van der Waals surface area contributed by atoms with Gasteiger partial charge in [-0.2, -0.15) is 0 Å². The van der Waals surface area contributed by atoms with Crippen molar-refractivity contribution < 1.29 is 14.6 Å². The van der Waals surface area contributed by atoms with Gasteiger partial charge in [-0.05, 0) is 73.5 Å². The van der Waals surface area contributed by atoms with Crippen LogP contribution in [0, 0.1) is 40.4 Å². The van der Waals surface area contributed by atoms with Crippen LogP contribution in [0.5, 0.6) is 0 Å². The van der Waals surface area contributed by atoms with E-state index in [2.05, 4.69) is 53.7 Å². The third-order valence-electron chi connectivity index (χ3n) is 10.7. The summed E-state index contributed by atoms with van der Waals surface area (Å²) in [6, 6.07) is 0. The van der Waals surface area contributed by atoms with E-state index in [0.717, 1.165) is 25.7 Å². The molecule has 0 radical (unpaired) electrons. The van der Waals surface area contributed by atoms with Crippen LogP contribution in [0.25, 0.3) is 0 Å². The van der Waals surface area contributed by atoms with Crippen LogP contribution in [0.4, 0.5) is 0 Å². The van der Waals surface area contributed by atoms with Crippen molar-refractivity contribution in [3.05, 3.63) is 23.3 Å². The van der Waals surface area contributed by atoms with Crippen LogP contribution in [0.3, 0.4) is 0 Å². The molecule has 5 rings (SSSR count). The lowest BCUT2D eigenvalue weighted by Gasteiger charge is -2.54. The molecule has 1 aliphatic heterocycles. The van der Waals surface area contributed by atoms with Gasteiger partial charge in [0, 0.05) is 17.4 Å². The number of carbonyl (C=O) groups excluding carboxylic acids is 1. The highest BCUT2D eigenvalue weighted by Gasteiger charge is 2.77. The fraction of sp³-hybridized carbons (Fsp3) is 0.821. The summed E-state index contributed by atoms with van der Waals surface area (Å²) in [5.41, 5.74) is 2.41. The number of Topliss-reactive ketones (excluding diaryl/α,β-unsaturated/α-hetero) is 1. The summed E-state index contributed by atoms with van der Waals surface area (Å²) < 4.78 is 6.24. The molecule has 3 saturated carbocycles. The summed E-state index contributed by atoms with van der Waals surface area (Å²) in [6.07, 6.45) is 11.3. The number of hydrogen-bond acceptors (Lipinski definition) is 3. The third-order valence-corrected chi connectivity index (χ3v) is 10.7. The van der Waals surface area contributed by atoms with Crippen molar-refractivity contribution in [3.8, 4) is 0 Å². The van der Waals surface area contributed by atoms with E-state index in [1.54, 1.807) is 0 Å². The number of aliphatic hydroxyl groups excluding tert-OH is 1. The largest absolute Gasteiger partial charge is 0.393 e. The minimum atomic E-state index is -0.384. The van der Waals surface area contributed by atoms with Gasteiger partial charge in [0.05, 0.1) is 6.10 Å². The molecule has 172 valence electrons. The van der Waals surface area contributed by atoms with Crippen LogP contribution < -0.4 is 0 Å². The van der Waals surface area contributed by atoms with Gasteiger partial charge in [-0.25, -0.2) is 0 Å². The highest BCUT2D eigenvalue weighted by molar-refractivity contribution is 6.04. The van der Waals surface area contributed by atoms with E-state index in [1.807, 2.05) is 0 Å². The van der Waals surface area contributed by atoms with Gasteiger partial charge in [-0.1, -0.05) is 59.3 Å². The Morgan fingerprint density at radius 2 is 1.81 bits per heavy atom. The summed E-state index contributed by atoms with van der Waals surface area (Å²) in [4.78, 5) is 13.7. The van der Waals surface area contributed by atoms with Gasteiger partial charge >= 0.3 is 0 Å². The predicted octanol–water partition coefficient (Wildman–Crippen LogP) is 5.87. The number of epoxide rings is 1. The lowest BCUT2D eigenvalue weighted by Crippen LogP contribution is -2.56. The molecule has 0 aromatic rings. The lowest BCUT2D eigenvalue weighted by molar-refractivity contribution is -0.121. The molecule has 1 heterocycles. The zero-order valence-electron chi connectivity index (χ0n) is 20.4. The van der Waals surface area contributed by atoms with Crippen molar-refractivity contribution in [1.29, 1.82) is 0 Å². The van der Waals surface area contributed by atoms with Crippen molar-refractivity contribution >= 4 is 5.78 Å². The first kappa shape index (κ1) is 21.9. The molecule has 3 nitrogen and oxygen atoms in total. The molecule has 1 N–H and O–H groups in total. The number of fused-ring (bicyclic) bond motifs is 3. The van der Waals surface area contributed by atoms with Crippen molar-refractivity contribution in [2.24, 2.45) is 40.4 Å². The van der Waals surface area contributed by atoms with E-state index in [4.69, 9.17) is 4.74 Å². The van der Waals surface area contributed by atoms with Gasteiger partial charge in [0.1, 0.15) is 5.60 Å². The van der Waals surface area contributed by atoms with Gasteiger partial charge < -0.3 is 9.84 Å². The standard InChI is InChI=1S/C28H42O3/c1-16(2)17(3)7-8-18(4)20-9-10-21-23-22(12-13-26(20,21)5)27(6)14-11-19(29)15-28(27)25(31-28)24(23)30/h7-8,16-20,22,25,29H,9-15H2,1-6H3/b8-7+/t17-,18+,19-,20+,22-,25-,26+,27+,28-/m0/s1. The molecule has 0 amide bonds. The smallest absolute Gasteiger partial charge is 0.190 e. The van der Waals surface area contributed by atoms with Crippen LogP contribution in [-0.4, -0.2) is 28.7 Å². The average Bonchev–Trinajstić information content (AvgIpc) is 3.34. The fourth-order valence-electron chi connectivity index (χ4n) is 8.22. The molecular weight excluding hydrogens is 384 g/mol. The predicted molar refractivity (Wildman–Crippen MR) is 123 cm³/mol. The van der Waals surface area contributed by atoms with E-state index in [-0.39, 0.29) is 34.4 Å².